The molecule has 0 spiro atoms. The van der Waals surface area contributed by atoms with Gasteiger partial charge in [0.15, 0.2) is 6.10 Å². The van der Waals surface area contributed by atoms with Crippen LogP contribution in [0, 0.1) is 0 Å². The maximum atomic E-state index is 12.8. The van der Waals surface area contributed by atoms with E-state index >= 15 is 0 Å². The van der Waals surface area contributed by atoms with E-state index < -0.39 is 26.5 Å². The van der Waals surface area contributed by atoms with Crippen molar-refractivity contribution in [2.45, 2.75) is 315 Å². The Labute approximate surface area is 483 Å². The Balaban J connectivity index is 4.06. The van der Waals surface area contributed by atoms with Gasteiger partial charge in [-0.1, -0.05) is 280 Å². The number of carbonyl (C=O) groups excluding carboxylic acids is 2. The first-order valence-corrected chi connectivity index (χ1v) is 34.5. The molecular formula is C68H126NO8P. The van der Waals surface area contributed by atoms with Gasteiger partial charge in [-0.3, -0.25) is 14.2 Å². The maximum Gasteiger partial charge on any atom is 0.306 e. The van der Waals surface area contributed by atoms with Gasteiger partial charge in [-0.05, 0) is 77.0 Å². The van der Waals surface area contributed by atoms with E-state index in [1.807, 2.05) is 21.1 Å². The molecule has 78 heavy (non-hydrogen) atoms. The van der Waals surface area contributed by atoms with Crippen LogP contribution in [0.2, 0.25) is 0 Å². The number of allylic oxidation sites excluding steroid dienone is 10. The molecule has 9 nitrogen and oxygen atoms in total. The molecule has 456 valence electrons. The summed E-state index contributed by atoms with van der Waals surface area (Å²) in [6.45, 7) is 4.17. The molecule has 2 atom stereocenters. The van der Waals surface area contributed by atoms with Gasteiger partial charge in [0, 0.05) is 12.8 Å². The second kappa shape index (κ2) is 59.3. The Morgan fingerprint density at radius 3 is 1.10 bits per heavy atom. The number of hydrogen-bond acceptors (Lipinski definition) is 8. The van der Waals surface area contributed by atoms with E-state index in [1.54, 1.807) is 0 Å². The summed E-state index contributed by atoms with van der Waals surface area (Å²) in [5.74, 6) is -0.820. The van der Waals surface area contributed by atoms with Crippen LogP contribution in [0.4, 0.5) is 0 Å². The average molecular weight is 1120 g/mol. The molecule has 0 aromatic rings. The molecule has 0 aliphatic heterocycles. The van der Waals surface area contributed by atoms with Crippen molar-refractivity contribution in [2.75, 3.05) is 47.5 Å². The van der Waals surface area contributed by atoms with Crippen molar-refractivity contribution >= 4 is 19.8 Å². The van der Waals surface area contributed by atoms with E-state index in [0.29, 0.717) is 17.4 Å². The monoisotopic (exact) mass is 1120 g/mol. The van der Waals surface area contributed by atoms with Gasteiger partial charge in [0.05, 0.1) is 27.7 Å². The fourth-order valence-electron chi connectivity index (χ4n) is 9.47. The van der Waals surface area contributed by atoms with E-state index in [-0.39, 0.29) is 32.0 Å². The molecule has 0 N–H and O–H groups in total. The Morgan fingerprint density at radius 1 is 0.410 bits per heavy atom. The summed E-state index contributed by atoms with van der Waals surface area (Å²) >= 11 is 0. The molecule has 0 heterocycles. The van der Waals surface area contributed by atoms with Crippen LogP contribution in [0.15, 0.2) is 60.8 Å². The minimum absolute atomic E-state index is 0.0304. The lowest BCUT2D eigenvalue weighted by molar-refractivity contribution is -0.870. The molecule has 0 rings (SSSR count). The van der Waals surface area contributed by atoms with E-state index in [2.05, 4.69) is 74.6 Å². The van der Waals surface area contributed by atoms with Crippen LogP contribution in [-0.4, -0.2) is 70.0 Å². The fraction of sp³-hybridized carbons (Fsp3) is 0.824. The molecule has 0 aromatic heterocycles. The number of ether oxygens (including phenoxy) is 2. The van der Waals surface area contributed by atoms with Gasteiger partial charge < -0.3 is 27.9 Å². The second-order valence-electron chi connectivity index (χ2n) is 23.5. The van der Waals surface area contributed by atoms with Crippen molar-refractivity contribution in [2.24, 2.45) is 0 Å². The zero-order valence-corrected chi connectivity index (χ0v) is 52.8. The lowest BCUT2D eigenvalue weighted by Gasteiger charge is -2.28. The third kappa shape index (κ3) is 62.9. The fourth-order valence-corrected chi connectivity index (χ4v) is 10.2. The van der Waals surface area contributed by atoms with Gasteiger partial charge in [-0.15, -0.1) is 0 Å². The molecule has 0 saturated heterocycles. The zero-order valence-electron chi connectivity index (χ0n) is 51.9. The van der Waals surface area contributed by atoms with Crippen LogP contribution < -0.4 is 4.89 Å². The van der Waals surface area contributed by atoms with Gasteiger partial charge in [0.2, 0.25) is 0 Å². The lowest BCUT2D eigenvalue weighted by atomic mass is 10.0. The zero-order chi connectivity index (χ0) is 57.0. The standard InChI is InChI=1S/C68H126NO8P/c1-6-8-10-12-14-16-18-20-22-24-26-28-30-32-33-34-35-37-39-41-43-45-47-49-51-53-55-57-59-61-68(71)77-66(65-76-78(72,73)75-63-62-69(3,4)5)64-74-67(70)60-58-56-54-52-50-48-46-44-42-40-38-36-31-29-27-25-23-21-19-17-15-13-11-9-7-2/h8,10,14,16,20,22,25-28,66H,6-7,9,11-13,15,17-19,21,23-24,29-65H2,1-5H3/b10-8-,16-14-,22-20-,27-25-,28-26-. The molecule has 2 unspecified atom stereocenters. The highest BCUT2D eigenvalue weighted by molar-refractivity contribution is 7.45. The minimum atomic E-state index is -4.64. The summed E-state index contributed by atoms with van der Waals surface area (Å²) in [6.07, 6.45) is 77.1. The minimum Gasteiger partial charge on any atom is -0.756 e. The summed E-state index contributed by atoms with van der Waals surface area (Å²) in [5, 5.41) is 0. The lowest BCUT2D eigenvalue weighted by Crippen LogP contribution is -2.37. The van der Waals surface area contributed by atoms with Crippen LogP contribution >= 0.6 is 7.82 Å². The first-order chi connectivity index (χ1) is 38.0. The van der Waals surface area contributed by atoms with Crippen molar-refractivity contribution in [3.05, 3.63) is 60.8 Å². The van der Waals surface area contributed by atoms with E-state index in [4.69, 9.17) is 18.5 Å². The van der Waals surface area contributed by atoms with Crippen molar-refractivity contribution < 1.29 is 42.1 Å². The predicted molar refractivity (Wildman–Crippen MR) is 333 cm³/mol. The van der Waals surface area contributed by atoms with Crippen LogP contribution in [0.3, 0.4) is 0 Å². The van der Waals surface area contributed by atoms with Crippen LogP contribution in [0.1, 0.15) is 309 Å². The molecular weight excluding hydrogens is 990 g/mol. The van der Waals surface area contributed by atoms with Gasteiger partial charge in [-0.2, -0.15) is 0 Å². The summed E-state index contributed by atoms with van der Waals surface area (Å²) in [4.78, 5) is 38.0. The number of hydrogen-bond donors (Lipinski definition) is 0. The highest BCUT2D eigenvalue weighted by atomic mass is 31.2. The van der Waals surface area contributed by atoms with Crippen molar-refractivity contribution in [1.29, 1.82) is 0 Å². The number of carbonyl (C=O) groups is 2. The summed E-state index contributed by atoms with van der Waals surface area (Å²) in [6, 6.07) is 0. The van der Waals surface area contributed by atoms with Crippen molar-refractivity contribution in [3.8, 4) is 0 Å². The maximum absolute atomic E-state index is 12.8. The summed E-state index contributed by atoms with van der Waals surface area (Å²) < 4.78 is 34.3. The number of rotatable bonds is 61. The van der Waals surface area contributed by atoms with Gasteiger partial charge in [0.1, 0.15) is 19.8 Å². The second-order valence-corrected chi connectivity index (χ2v) is 24.9. The Kier molecular flexibility index (Phi) is 57.6. The molecule has 0 aromatic carbocycles. The smallest absolute Gasteiger partial charge is 0.306 e. The van der Waals surface area contributed by atoms with Crippen LogP contribution in [-0.2, 0) is 32.7 Å². The van der Waals surface area contributed by atoms with Gasteiger partial charge >= 0.3 is 11.9 Å². The normalized spacial score (nSPS) is 13.6. The average Bonchev–Trinajstić information content (AvgIpc) is 3.41. The number of phosphoric ester groups is 1. The first-order valence-electron chi connectivity index (χ1n) is 33.0. The third-order valence-electron chi connectivity index (χ3n) is 14.5. The highest BCUT2D eigenvalue weighted by Crippen LogP contribution is 2.38. The number of nitrogens with zero attached hydrogens (tertiary/aromatic N) is 1. The third-order valence-corrected chi connectivity index (χ3v) is 15.5. The molecule has 0 aliphatic carbocycles. The SMILES string of the molecule is CC/C=C\C/C=C\C/C=C\C/C=C\CCCCCCCCCCCCCCCCCCC(=O)OC(COC(=O)CCCCCCCCCCCCCCC/C=C\CCCCCCCCCC)COP(=O)([O-])OCC[N+](C)(C)C. The Morgan fingerprint density at radius 2 is 0.731 bits per heavy atom. The predicted octanol–water partition coefficient (Wildman–Crippen LogP) is 20.4. The first kappa shape index (κ1) is 75.7. The number of phosphoric acid groups is 1. The van der Waals surface area contributed by atoms with E-state index in [0.717, 1.165) is 64.2 Å². The van der Waals surface area contributed by atoms with Crippen LogP contribution in [0.5, 0.6) is 0 Å². The molecule has 0 aliphatic rings. The summed E-state index contributed by atoms with van der Waals surface area (Å²) in [5.41, 5.74) is 0. The van der Waals surface area contributed by atoms with Crippen molar-refractivity contribution in [1.82, 2.24) is 0 Å². The molecule has 0 bridgehead atoms. The van der Waals surface area contributed by atoms with E-state index in [1.165, 1.54) is 212 Å². The molecule has 0 saturated carbocycles. The Bertz CT molecular complexity index is 1500. The quantitative estimate of drug-likeness (QED) is 0.0195. The van der Waals surface area contributed by atoms with Gasteiger partial charge in [-0.25, -0.2) is 0 Å². The molecule has 0 radical (unpaired) electrons. The van der Waals surface area contributed by atoms with Crippen molar-refractivity contribution in [3.63, 3.8) is 0 Å². The van der Waals surface area contributed by atoms with Gasteiger partial charge in [0.25, 0.3) is 7.82 Å². The number of quaternary nitrogens is 1. The van der Waals surface area contributed by atoms with E-state index in [9.17, 15) is 19.0 Å². The number of likely N-dealkylation sites (N-methyl/N-ethyl adjacent to an activating group) is 1. The molecule has 10 heteroatoms. The number of unbranched alkanes of at least 4 members (excludes halogenated alkanes) is 37. The van der Waals surface area contributed by atoms with Crippen LogP contribution in [0.25, 0.3) is 0 Å². The topological polar surface area (TPSA) is 111 Å². The highest BCUT2D eigenvalue weighted by Gasteiger charge is 2.22. The summed E-state index contributed by atoms with van der Waals surface area (Å²) in [7, 11) is 1.18. The Hall–Kier alpha value is -2.29. The molecule has 0 amide bonds. The molecule has 0 fully saturated rings. The number of esters is 2. The largest absolute Gasteiger partial charge is 0.756 e.